The number of H-pyrrole nitrogens is 1. The number of hydrogen-bond donors (Lipinski definition) is 3. The number of aromatic amines is 1. The molecule has 2 amide bonds. The number of urea groups is 1. The number of aromatic nitrogens is 2. The average Bonchev–Trinajstić information content (AvgIpc) is 3.34. The van der Waals surface area contributed by atoms with Gasteiger partial charge in [0.2, 0.25) is 0 Å². The summed E-state index contributed by atoms with van der Waals surface area (Å²) >= 11 is 0. The minimum absolute atomic E-state index is 0.0314. The predicted molar refractivity (Wildman–Crippen MR) is 100.0 cm³/mol. The maximum atomic E-state index is 12.5. The number of carbonyl (C=O) groups excluding carboxylic acids is 1. The molecular formula is C19H25N5O2. The van der Waals surface area contributed by atoms with E-state index in [1.54, 1.807) is 6.20 Å². The van der Waals surface area contributed by atoms with Crippen LogP contribution < -0.4 is 10.6 Å². The second-order valence-corrected chi connectivity index (χ2v) is 6.96. The zero-order chi connectivity index (χ0) is 17.8. The third-order valence-electron chi connectivity index (χ3n) is 5.16. The summed E-state index contributed by atoms with van der Waals surface area (Å²) in [5.41, 5.74) is 2.65. The number of amides is 2. The van der Waals surface area contributed by atoms with Gasteiger partial charge in [0.1, 0.15) is 0 Å². The largest absolute Gasteiger partial charge is 0.378 e. The second-order valence-electron chi connectivity index (χ2n) is 6.96. The lowest BCUT2D eigenvalue weighted by Crippen LogP contribution is -2.53. The molecule has 2 aliphatic rings. The van der Waals surface area contributed by atoms with Crippen molar-refractivity contribution >= 4 is 11.7 Å². The number of anilines is 1. The van der Waals surface area contributed by atoms with E-state index in [0.29, 0.717) is 13.2 Å². The van der Waals surface area contributed by atoms with Crippen LogP contribution in [0.1, 0.15) is 19.3 Å². The van der Waals surface area contributed by atoms with Gasteiger partial charge in [0, 0.05) is 17.4 Å². The first-order valence-electron chi connectivity index (χ1n) is 9.29. The van der Waals surface area contributed by atoms with E-state index in [1.807, 2.05) is 30.3 Å². The first-order chi connectivity index (χ1) is 12.8. The molecule has 0 spiro atoms. The van der Waals surface area contributed by atoms with Crippen LogP contribution in [0.25, 0.3) is 11.3 Å². The van der Waals surface area contributed by atoms with E-state index in [-0.39, 0.29) is 18.1 Å². The van der Waals surface area contributed by atoms with Crippen LogP contribution in [0.3, 0.4) is 0 Å². The lowest BCUT2D eigenvalue weighted by molar-refractivity contribution is 0.125. The van der Waals surface area contributed by atoms with E-state index in [0.717, 1.165) is 30.0 Å². The Labute approximate surface area is 153 Å². The minimum Gasteiger partial charge on any atom is -0.378 e. The number of hydrogen-bond acceptors (Lipinski definition) is 4. The van der Waals surface area contributed by atoms with Gasteiger partial charge in [0.15, 0.2) is 0 Å². The highest BCUT2D eigenvalue weighted by atomic mass is 16.5. The van der Waals surface area contributed by atoms with Gasteiger partial charge in [-0.3, -0.25) is 10.00 Å². The normalized spacial score (nSPS) is 23.7. The molecule has 7 nitrogen and oxygen atoms in total. The summed E-state index contributed by atoms with van der Waals surface area (Å²) in [4.78, 5) is 14.9. The third-order valence-corrected chi connectivity index (χ3v) is 5.16. The monoisotopic (exact) mass is 355 g/mol. The number of rotatable bonds is 4. The zero-order valence-corrected chi connectivity index (χ0v) is 14.8. The van der Waals surface area contributed by atoms with E-state index in [2.05, 4.69) is 25.7 Å². The van der Waals surface area contributed by atoms with Gasteiger partial charge < -0.3 is 15.4 Å². The van der Waals surface area contributed by atoms with Crippen molar-refractivity contribution in [1.29, 1.82) is 0 Å². The first-order valence-corrected chi connectivity index (χ1v) is 9.29. The smallest absolute Gasteiger partial charge is 0.319 e. The summed E-state index contributed by atoms with van der Waals surface area (Å²) in [5, 5.41) is 12.9. The van der Waals surface area contributed by atoms with E-state index in [9.17, 15) is 4.79 Å². The van der Waals surface area contributed by atoms with Crippen LogP contribution in [-0.2, 0) is 4.74 Å². The fourth-order valence-electron chi connectivity index (χ4n) is 3.81. The molecule has 4 rings (SSSR count). The molecule has 0 saturated carbocycles. The van der Waals surface area contributed by atoms with E-state index in [4.69, 9.17) is 4.74 Å². The lowest BCUT2D eigenvalue weighted by atomic mass is 10.1. The summed E-state index contributed by atoms with van der Waals surface area (Å²) in [6.07, 6.45) is 5.48. The van der Waals surface area contributed by atoms with Crippen molar-refractivity contribution in [2.75, 3.05) is 31.6 Å². The lowest BCUT2D eigenvalue weighted by Gasteiger charge is -2.34. The highest BCUT2D eigenvalue weighted by molar-refractivity contribution is 5.90. The Bertz CT molecular complexity index is 727. The molecule has 2 aliphatic heterocycles. The minimum atomic E-state index is -0.190. The van der Waals surface area contributed by atoms with Gasteiger partial charge in [-0.1, -0.05) is 18.6 Å². The van der Waals surface area contributed by atoms with Crippen LogP contribution in [-0.4, -0.2) is 59.5 Å². The molecule has 2 saturated heterocycles. The van der Waals surface area contributed by atoms with Crippen molar-refractivity contribution in [2.45, 2.75) is 31.3 Å². The second kappa shape index (κ2) is 7.88. The number of likely N-dealkylation sites (tertiary alicyclic amines) is 1. The number of nitrogens with one attached hydrogen (secondary N) is 3. The van der Waals surface area contributed by atoms with Crippen molar-refractivity contribution in [3.63, 3.8) is 0 Å². The number of nitrogens with zero attached hydrogens (tertiary/aromatic N) is 2. The summed E-state index contributed by atoms with van der Waals surface area (Å²) in [6.45, 7) is 3.46. The first kappa shape index (κ1) is 17.1. The molecule has 3 N–H and O–H groups in total. The molecule has 0 unspecified atom stereocenters. The van der Waals surface area contributed by atoms with E-state index >= 15 is 0 Å². The van der Waals surface area contributed by atoms with Gasteiger partial charge in [-0.25, -0.2) is 4.79 Å². The Hall–Kier alpha value is -2.38. The third kappa shape index (κ3) is 3.89. The van der Waals surface area contributed by atoms with Gasteiger partial charge >= 0.3 is 6.03 Å². The summed E-state index contributed by atoms with van der Waals surface area (Å²) < 4.78 is 5.65. The van der Waals surface area contributed by atoms with Crippen LogP contribution in [0.2, 0.25) is 0 Å². The van der Waals surface area contributed by atoms with Crippen LogP contribution >= 0.6 is 0 Å². The molecular weight excluding hydrogens is 330 g/mol. The van der Waals surface area contributed by atoms with E-state index in [1.165, 1.54) is 19.3 Å². The quantitative estimate of drug-likeness (QED) is 0.787. The van der Waals surface area contributed by atoms with Gasteiger partial charge in [-0.05, 0) is 44.1 Å². The SMILES string of the molecule is O=C(Nc1cccc(-c2ccn[nH]2)c1)N[C@@H]1COC[C@H]1N1CCCCC1. The standard InChI is InChI=1S/C19H25N5O2/c25-19(21-15-6-4-5-14(11-15)16-7-8-20-23-16)22-17-12-26-13-18(17)24-9-2-1-3-10-24/h4-8,11,17-18H,1-3,9-10,12-13H2,(H,20,23)(H2,21,22,25)/t17-,18-/m1/s1. The van der Waals surface area contributed by atoms with Gasteiger partial charge in [0.25, 0.3) is 0 Å². The average molecular weight is 355 g/mol. The Morgan fingerprint density at radius 1 is 1.19 bits per heavy atom. The Morgan fingerprint density at radius 2 is 2.08 bits per heavy atom. The topological polar surface area (TPSA) is 82.3 Å². The molecule has 138 valence electrons. The molecule has 1 aromatic carbocycles. The molecule has 0 aliphatic carbocycles. The molecule has 0 radical (unpaired) electrons. The van der Waals surface area contributed by atoms with Gasteiger partial charge in [-0.2, -0.15) is 5.10 Å². The Balaban J connectivity index is 1.37. The summed E-state index contributed by atoms with van der Waals surface area (Å²) in [7, 11) is 0. The maximum Gasteiger partial charge on any atom is 0.319 e. The number of benzene rings is 1. The van der Waals surface area contributed by atoms with Crippen molar-refractivity contribution in [1.82, 2.24) is 20.4 Å². The Kier molecular flexibility index (Phi) is 5.17. The van der Waals surface area contributed by atoms with Crippen LogP contribution in [0.5, 0.6) is 0 Å². The summed E-state index contributed by atoms with van der Waals surface area (Å²) in [6, 6.07) is 9.73. The molecule has 3 heterocycles. The highest BCUT2D eigenvalue weighted by Gasteiger charge is 2.34. The van der Waals surface area contributed by atoms with Crippen molar-refractivity contribution in [3.8, 4) is 11.3 Å². The van der Waals surface area contributed by atoms with E-state index < -0.39 is 0 Å². The van der Waals surface area contributed by atoms with Gasteiger partial charge in [-0.15, -0.1) is 0 Å². The van der Waals surface area contributed by atoms with Crippen LogP contribution in [0.15, 0.2) is 36.5 Å². The molecule has 0 bridgehead atoms. The molecule has 26 heavy (non-hydrogen) atoms. The maximum absolute atomic E-state index is 12.5. The molecule has 2 fully saturated rings. The molecule has 1 aromatic heterocycles. The fourth-order valence-corrected chi connectivity index (χ4v) is 3.81. The zero-order valence-electron chi connectivity index (χ0n) is 14.8. The van der Waals surface area contributed by atoms with Gasteiger partial charge in [0.05, 0.1) is 31.0 Å². The van der Waals surface area contributed by atoms with Crippen molar-refractivity contribution in [3.05, 3.63) is 36.5 Å². The predicted octanol–water partition coefficient (Wildman–Crippen LogP) is 2.45. The molecule has 2 atom stereocenters. The molecule has 7 heteroatoms. The van der Waals surface area contributed by atoms with Crippen molar-refractivity contribution in [2.24, 2.45) is 0 Å². The van der Waals surface area contributed by atoms with Crippen LogP contribution in [0.4, 0.5) is 10.5 Å². The number of carbonyl (C=O) groups is 1. The number of piperidine rings is 1. The fraction of sp³-hybridized carbons (Fsp3) is 0.474. The number of ether oxygens (including phenoxy) is 1. The highest BCUT2D eigenvalue weighted by Crippen LogP contribution is 2.21. The summed E-state index contributed by atoms with van der Waals surface area (Å²) in [5.74, 6) is 0. The molecule has 2 aromatic rings. The van der Waals surface area contributed by atoms with Crippen molar-refractivity contribution < 1.29 is 9.53 Å². The Morgan fingerprint density at radius 3 is 2.88 bits per heavy atom. The van der Waals surface area contributed by atoms with Crippen LogP contribution in [0, 0.1) is 0 Å².